The SMILES string of the molecule is O=C(O)[C@@H]1CC=CC[C@H]1C(=O)NC1CCCCCCC1. The lowest BCUT2D eigenvalue weighted by molar-refractivity contribution is -0.147. The van der Waals surface area contributed by atoms with Crippen LogP contribution in [0.3, 0.4) is 0 Å². The predicted octanol–water partition coefficient (Wildman–Crippen LogP) is 2.88. The highest BCUT2D eigenvalue weighted by Crippen LogP contribution is 2.27. The molecule has 0 bridgehead atoms. The normalized spacial score (nSPS) is 28.4. The summed E-state index contributed by atoms with van der Waals surface area (Å²) in [4.78, 5) is 23.6. The monoisotopic (exact) mass is 279 g/mol. The number of amides is 1. The summed E-state index contributed by atoms with van der Waals surface area (Å²) in [5, 5.41) is 12.3. The summed E-state index contributed by atoms with van der Waals surface area (Å²) in [6, 6.07) is 0.239. The Morgan fingerprint density at radius 2 is 1.45 bits per heavy atom. The molecule has 2 rings (SSSR count). The van der Waals surface area contributed by atoms with E-state index < -0.39 is 17.8 Å². The van der Waals surface area contributed by atoms with Gasteiger partial charge in [0.1, 0.15) is 0 Å². The quantitative estimate of drug-likeness (QED) is 0.781. The summed E-state index contributed by atoms with van der Waals surface area (Å²) in [5.74, 6) is -1.88. The van der Waals surface area contributed by atoms with Crippen molar-refractivity contribution < 1.29 is 14.7 Å². The molecule has 0 spiro atoms. The van der Waals surface area contributed by atoms with Crippen molar-refractivity contribution in [2.45, 2.75) is 63.8 Å². The van der Waals surface area contributed by atoms with Gasteiger partial charge in [0.15, 0.2) is 0 Å². The molecule has 0 aromatic heterocycles. The first-order valence-electron chi connectivity index (χ1n) is 7.86. The lowest BCUT2D eigenvalue weighted by atomic mass is 9.82. The molecule has 0 radical (unpaired) electrons. The van der Waals surface area contributed by atoms with Gasteiger partial charge in [-0.25, -0.2) is 0 Å². The molecule has 0 aromatic carbocycles. The maximum atomic E-state index is 12.4. The minimum Gasteiger partial charge on any atom is -0.481 e. The molecule has 2 aliphatic carbocycles. The highest BCUT2D eigenvalue weighted by molar-refractivity contribution is 5.85. The van der Waals surface area contributed by atoms with E-state index in [1.165, 1.54) is 19.3 Å². The van der Waals surface area contributed by atoms with Crippen molar-refractivity contribution in [2.24, 2.45) is 11.8 Å². The highest BCUT2D eigenvalue weighted by atomic mass is 16.4. The summed E-state index contributed by atoms with van der Waals surface area (Å²) in [6.45, 7) is 0. The van der Waals surface area contributed by atoms with Crippen LogP contribution < -0.4 is 5.32 Å². The van der Waals surface area contributed by atoms with E-state index in [-0.39, 0.29) is 11.9 Å². The van der Waals surface area contributed by atoms with E-state index in [2.05, 4.69) is 5.32 Å². The molecule has 4 heteroatoms. The van der Waals surface area contributed by atoms with Crippen LogP contribution in [0.1, 0.15) is 57.8 Å². The van der Waals surface area contributed by atoms with Gasteiger partial charge in [-0.3, -0.25) is 9.59 Å². The molecule has 1 fully saturated rings. The van der Waals surface area contributed by atoms with Crippen molar-refractivity contribution in [2.75, 3.05) is 0 Å². The van der Waals surface area contributed by atoms with Gasteiger partial charge in [0.25, 0.3) is 0 Å². The topological polar surface area (TPSA) is 66.4 Å². The fourth-order valence-corrected chi connectivity index (χ4v) is 3.29. The number of aliphatic carboxylic acids is 1. The standard InChI is InChI=1S/C16H25NO3/c18-15(13-10-6-7-11-14(13)16(19)20)17-12-8-4-2-1-3-5-9-12/h6-7,12-14H,1-5,8-11H2,(H,17,18)(H,19,20)/t13-,14-/m1/s1. The molecule has 0 aliphatic heterocycles. The van der Waals surface area contributed by atoms with Crippen molar-refractivity contribution in [1.82, 2.24) is 5.32 Å². The summed E-state index contributed by atoms with van der Waals surface area (Å²) in [7, 11) is 0. The molecule has 2 N–H and O–H groups in total. The number of carboxylic acids is 1. The van der Waals surface area contributed by atoms with Crippen LogP contribution in [0.5, 0.6) is 0 Å². The second kappa shape index (κ2) is 7.46. The van der Waals surface area contributed by atoms with Crippen LogP contribution >= 0.6 is 0 Å². The van der Waals surface area contributed by atoms with Crippen molar-refractivity contribution >= 4 is 11.9 Å². The van der Waals surface area contributed by atoms with Crippen LogP contribution in [0.15, 0.2) is 12.2 Å². The average Bonchev–Trinajstić information content (AvgIpc) is 2.41. The van der Waals surface area contributed by atoms with Crippen LogP contribution in [-0.2, 0) is 9.59 Å². The zero-order chi connectivity index (χ0) is 14.4. The van der Waals surface area contributed by atoms with Gasteiger partial charge < -0.3 is 10.4 Å². The molecular weight excluding hydrogens is 254 g/mol. The molecule has 112 valence electrons. The number of carbonyl (C=O) groups is 2. The second-order valence-corrected chi connectivity index (χ2v) is 6.04. The van der Waals surface area contributed by atoms with Gasteiger partial charge in [0.05, 0.1) is 11.8 Å². The van der Waals surface area contributed by atoms with Crippen molar-refractivity contribution in [3.8, 4) is 0 Å². The van der Waals surface area contributed by atoms with Crippen LogP contribution in [-0.4, -0.2) is 23.0 Å². The van der Waals surface area contributed by atoms with E-state index in [0.29, 0.717) is 12.8 Å². The fraction of sp³-hybridized carbons (Fsp3) is 0.750. The number of carbonyl (C=O) groups excluding carboxylic acids is 1. The van der Waals surface area contributed by atoms with Gasteiger partial charge in [0, 0.05) is 6.04 Å². The summed E-state index contributed by atoms with van der Waals surface area (Å²) < 4.78 is 0. The predicted molar refractivity (Wildman–Crippen MR) is 77.2 cm³/mol. The maximum Gasteiger partial charge on any atom is 0.307 e. The zero-order valence-corrected chi connectivity index (χ0v) is 12.0. The molecule has 1 amide bonds. The summed E-state index contributed by atoms with van der Waals surface area (Å²) in [6.07, 6.45) is 13.0. The first kappa shape index (κ1) is 15.1. The molecule has 1 saturated carbocycles. The first-order valence-corrected chi connectivity index (χ1v) is 7.86. The number of hydrogen-bond acceptors (Lipinski definition) is 2. The lowest BCUT2D eigenvalue weighted by Crippen LogP contribution is -2.43. The van der Waals surface area contributed by atoms with E-state index in [4.69, 9.17) is 0 Å². The Morgan fingerprint density at radius 3 is 2.05 bits per heavy atom. The van der Waals surface area contributed by atoms with Crippen molar-refractivity contribution in [3.05, 3.63) is 12.2 Å². The van der Waals surface area contributed by atoms with E-state index in [0.717, 1.165) is 25.7 Å². The molecule has 4 nitrogen and oxygen atoms in total. The minimum absolute atomic E-state index is 0.0627. The molecule has 0 aromatic rings. The highest BCUT2D eigenvalue weighted by Gasteiger charge is 2.34. The van der Waals surface area contributed by atoms with Crippen LogP contribution in [0.2, 0.25) is 0 Å². The fourth-order valence-electron chi connectivity index (χ4n) is 3.29. The Balaban J connectivity index is 1.91. The number of hydrogen-bond donors (Lipinski definition) is 2. The van der Waals surface area contributed by atoms with Gasteiger partial charge in [-0.05, 0) is 25.7 Å². The van der Waals surface area contributed by atoms with Crippen molar-refractivity contribution in [3.63, 3.8) is 0 Å². The van der Waals surface area contributed by atoms with E-state index in [1.807, 2.05) is 12.2 Å². The Labute approximate surface area is 120 Å². The van der Waals surface area contributed by atoms with Crippen molar-refractivity contribution in [1.29, 1.82) is 0 Å². The van der Waals surface area contributed by atoms with Crippen LogP contribution in [0, 0.1) is 11.8 Å². The van der Waals surface area contributed by atoms with Crippen LogP contribution in [0.4, 0.5) is 0 Å². The number of nitrogens with one attached hydrogen (secondary N) is 1. The number of rotatable bonds is 3. The van der Waals surface area contributed by atoms with E-state index >= 15 is 0 Å². The van der Waals surface area contributed by atoms with Crippen LogP contribution in [0.25, 0.3) is 0 Å². The molecule has 20 heavy (non-hydrogen) atoms. The average molecular weight is 279 g/mol. The molecule has 2 aliphatic rings. The van der Waals surface area contributed by atoms with Gasteiger partial charge >= 0.3 is 5.97 Å². The Morgan fingerprint density at radius 1 is 0.900 bits per heavy atom. The molecular formula is C16H25NO3. The smallest absolute Gasteiger partial charge is 0.307 e. The first-order chi connectivity index (χ1) is 9.68. The molecule has 0 heterocycles. The zero-order valence-electron chi connectivity index (χ0n) is 12.0. The number of carboxylic acid groups (broad SMARTS) is 1. The third-order valence-corrected chi connectivity index (χ3v) is 4.54. The molecule has 2 atom stereocenters. The molecule has 0 saturated heterocycles. The summed E-state index contributed by atoms with van der Waals surface area (Å²) in [5.41, 5.74) is 0. The Bertz CT molecular complexity index is 370. The Hall–Kier alpha value is -1.32. The third kappa shape index (κ3) is 4.09. The lowest BCUT2D eigenvalue weighted by Gasteiger charge is -2.28. The van der Waals surface area contributed by atoms with E-state index in [9.17, 15) is 14.7 Å². The van der Waals surface area contributed by atoms with Gasteiger partial charge in [-0.15, -0.1) is 0 Å². The Kier molecular flexibility index (Phi) is 5.62. The maximum absolute atomic E-state index is 12.4. The second-order valence-electron chi connectivity index (χ2n) is 6.04. The summed E-state index contributed by atoms with van der Waals surface area (Å²) >= 11 is 0. The van der Waals surface area contributed by atoms with Gasteiger partial charge in [-0.1, -0.05) is 44.3 Å². The largest absolute Gasteiger partial charge is 0.481 e. The number of allylic oxidation sites excluding steroid dienone is 2. The van der Waals surface area contributed by atoms with Gasteiger partial charge in [-0.2, -0.15) is 0 Å². The molecule has 0 unspecified atom stereocenters. The van der Waals surface area contributed by atoms with E-state index in [1.54, 1.807) is 0 Å². The van der Waals surface area contributed by atoms with Gasteiger partial charge in [0.2, 0.25) is 5.91 Å². The minimum atomic E-state index is -0.854. The third-order valence-electron chi connectivity index (χ3n) is 4.54.